The van der Waals surface area contributed by atoms with Gasteiger partial charge in [-0.05, 0) is 68.7 Å². The highest BCUT2D eigenvalue weighted by Gasteiger charge is 2.23. The lowest BCUT2D eigenvalue weighted by molar-refractivity contribution is 0.111. The highest BCUT2D eigenvalue weighted by atomic mass is 16.5. The van der Waals surface area contributed by atoms with Gasteiger partial charge >= 0.3 is 0 Å². The van der Waals surface area contributed by atoms with E-state index in [4.69, 9.17) is 9.47 Å². The third kappa shape index (κ3) is 4.63. The quantitative estimate of drug-likeness (QED) is 0.454. The molecule has 0 spiro atoms. The van der Waals surface area contributed by atoms with E-state index in [9.17, 15) is 4.79 Å². The number of carbonyl (C=O) groups is 1. The predicted octanol–water partition coefficient (Wildman–Crippen LogP) is 5.68. The third-order valence-corrected chi connectivity index (χ3v) is 4.31. The second kappa shape index (κ2) is 8.52. The second-order valence-electron chi connectivity index (χ2n) is 6.54. The monoisotopic (exact) mass is 350 g/mol. The summed E-state index contributed by atoms with van der Waals surface area (Å²) in [5, 5.41) is 0. The molecule has 0 aliphatic heterocycles. The molecule has 26 heavy (non-hydrogen) atoms. The molecule has 2 aromatic carbocycles. The van der Waals surface area contributed by atoms with Crippen LogP contribution in [0.1, 0.15) is 42.3 Å². The number of carbonyl (C=O) groups excluding carboxylic acids is 1. The number of hydrogen-bond acceptors (Lipinski definition) is 3. The van der Waals surface area contributed by atoms with E-state index in [0.717, 1.165) is 28.7 Å². The average molecular weight is 350 g/mol. The molecular formula is C23H26O3. The summed E-state index contributed by atoms with van der Waals surface area (Å²) >= 11 is 0. The molecule has 136 valence electrons. The van der Waals surface area contributed by atoms with E-state index >= 15 is 0 Å². The maximum Gasteiger partial charge on any atom is 0.153 e. The normalized spacial score (nSPS) is 13.2. The van der Waals surface area contributed by atoms with Crippen LogP contribution < -0.4 is 9.47 Å². The Morgan fingerprint density at radius 3 is 2.62 bits per heavy atom. The lowest BCUT2D eigenvalue weighted by atomic mass is 9.97. The molecule has 0 amide bonds. The highest BCUT2D eigenvalue weighted by molar-refractivity contribution is 5.80. The molecule has 0 heterocycles. The van der Waals surface area contributed by atoms with Crippen molar-refractivity contribution in [3.63, 3.8) is 0 Å². The summed E-state index contributed by atoms with van der Waals surface area (Å²) in [7, 11) is 0. The Balaban J connectivity index is 2.18. The molecule has 1 atom stereocenters. The lowest BCUT2D eigenvalue weighted by Crippen LogP contribution is -2.30. The SMILES string of the molecule is C=C(C)C(C)(C=CC)Oc1cccc(COc2c(C)cccc2C=O)c1. The zero-order valence-corrected chi connectivity index (χ0v) is 15.9. The van der Waals surface area contributed by atoms with Gasteiger partial charge in [-0.1, -0.05) is 36.9 Å². The maximum absolute atomic E-state index is 11.2. The summed E-state index contributed by atoms with van der Waals surface area (Å²) in [4.78, 5) is 11.2. The van der Waals surface area contributed by atoms with Gasteiger partial charge in [0.25, 0.3) is 0 Å². The summed E-state index contributed by atoms with van der Waals surface area (Å²) in [6, 6.07) is 13.3. The maximum atomic E-state index is 11.2. The Morgan fingerprint density at radius 1 is 1.23 bits per heavy atom. The van der Waals surface area contributed by atoms with E-state index in [1.807, 2.05) is 76.2 Å². The molecule has 3 nitrogen and oxygen atoms in total. The second-order valence-corrected chi connectivity index (χ2v) is 6.54. The van der Waals surface area contributed by atoms with Crippen LogP contribution in [0.3, 0.4) is 0 Å². The molecule has 0 saturated heterocycles. The van der Waals surface area contributed by atoms with Crippen LogP contribution in [-0.2, 0) is 6.61 Å². The van der Waals surface area contributed by atoms with E-state index in [0.29, 0.717) is 17.9 Å². The van der Waals surface area contributed by atoms with Gasteiger partial charge in [-0.3, -0.25) is 4.79 Å². The minimum atomic E-state index is -0.561. The topological polar surface area (TPSA) is 35.5 Å². The molecule has 0 bridgehead atoms. The Hall–Kier alpha value is -2.81. The molecule has 0 aliphatic carbocycles. The summed E-state index contributed by atoms with van der Waals surface area (Å²) in [5.74, 6) is 1.37. The molecule has 2 rings (SSSR count). The zero-order valence-electron chi connectivity index (χ0n) is 15.9. The first-order chi connectivity index (χ1) is 12.4. The summed E-state index contributed by atoms with van der Waals surface area (Å²) in [5.41, 5.74) is 2.82. The van der Waals surface area contributed by atoms with E-state index in [2.05, 4.69) is 6.58 Å². The van der Waals surface area contributed by atoms with Crippen LogP contribution in [0.15, 0.2) is 66.8 Å². The summed E-state index contributed by atoms with van der Waals surface area (Å²) in [6.07, 6.45) is 4.76. The van der Waals surface area contributed by atoms with Crippen LogP contribution in [-0.4, -0.2) is 11.9 Å². The number of aldehydes is 1. The zero-order chi connectivity index (χ0) is 19.2. The minimum absolute atomic E-state index is 0.357. The van der Waals surface area contributed by atoms with Crippen molar-refractivity contribution < 1.29 is 14.3 Å². The number of allylic oxidation sites excluding steroid dienone is 1. The summed E-state index contributed by atoms with van der Waals surface area (Å²) in [6.45, 7) is 12.2. The third-order valence-electron chi connectivity index (χ3n) is 4.31. The van der Waals surface area contributed by atoms with Gasteiger partial charge in [0.2, 0.25) is 0 Å². The molecular weight excluding hydrogens is 324 g/mol. The van der Waals surface area contributed by atoms with Crippen molar-refractivity contribution >= 4 is 6.29 Å². The Kier molecular flexibility index (Phi) is 6.40. The fourth-order valence-electron chi connectivity index (χ4n) is 2.65. The highest BCUT2D eigenvalue weighted by Crippen LogP contribution is 2.27. The molecule has 0 aliphatic rings. The average Bonchev–Trinajstić information content (AvgIpc) is 2.60. The molecule has 1 unspecified atom stereocenters. The Morgan fingerprint density at radius 2 is 1.96 bits per heavy atom. The standard InChI is InChI=1S/C23H26O3/c1-6-13-23(5,17(2)3)26-21-12-8-10-19(14-21)16-25-22-18(4)9-7-11-20(22)15-24/h6-15H,2,16H2,1,3-5H3. The Bertz CT molecular complexity index is 820. The molecule has 2 aromatic rings. The van der Waals surface area contributed by atoms with Crippen molar-refractivity contribution in [3.05, 3.63) is 83.5 Å². The number of para-hydroxylation sites is 1. The van der Waals surface area contributed by atoms with Crippen LogP contribution in [0.25, 0.3) is 0 Å². The van der Waals surface area contributed by atoms with Crippen LogP contribution in [0.2, 0.25) is 0 Å². The van der Waals surface area contributed by atoms with E-state index < -0.39 is 5.60 Å². The number of aryl methyl sites for hydroxylation is 1. The van der Waals surface area contributed by atoms with Gasteiger partial charge in [0.1, 0.15) is 23.7 Å². The molecule has 0 fully saturated rings. The number of ether oxygens (including phenoxy) is 2. The lowest BCUT2D eigenvalue weighted by Gasteiger charge is -2.28. The van der Waals surface area contributed by atoms with Crippen molar-refractivity contribution in [2.24, 2.45) is 0 Å². The van der Waals surface area contributed by atoms with Crippen molar-refractivity contribution in [3.8, 4) is 11.5 Å². The van der Waals surface area contributed by atoms with Gasteiger partial charge in [0, 0.05) is 0 Å². The van der Waals surface area contributed by atoms with Crippen LogP contribution in [0, 0.1) is 6.92 Å². The first kappa shape index (κ1) is 19.5. The number of hydrogen-bond donors (Lipinski definition) is 0. The van der Waals surface area contributed by atoms with E-state index in [-0.39, 0.29) is 0 Å². The summed E-state index contributed by atoms with van der Waals surface area (Å²) < 4.78 is 12.1. The van der Waals surface area contributed by atoms with Gasteiger partial charge in [-0.25, -0.2) is 0 Å². The number of benzene rings is 2. The first-order valence-electron chi connectivity index (χ1n) is 8.65. The van der Waals surface area contributed by atoms with E-state index in [1.165, 1.54) is 0 Å². The fourth-order valence-corrected chi connectivity index (χ4v) is 2.65. The Labute approximate surface area is 156 Å². The van der Waals surface area contributed by atoms with Gasteiger partial charge in [0.15, 0.2) is 6.29 Å². The predicted molar refractivity (Wildman–Crippen MR) is 106 cm³/mol. The van der Waals surface area contributed by atoms with Gasteiger partial charge in [0.05, 0.1) is 5.56 Å². The van der Waals surface area contributed by atoms with Crippen molar-refractivity contribution in [1.82, 2.24) is 0 Å². The fraction of sp³-hybridized carbons (Fsp3) is 0.261. The van der Waals surface area contributed by atoms with Crippen molar-refractivity contribution in [2.45, 2.75) is 39.9 Å². The van der Waals surface area contributed by atoms with Gasteiger partial charge in [-0.2, -0.15) is 0 Å². The first-order valence-corrected chi connectivity index (χ1v) is 8.65. The van der Waals surface area contributed by atoms with Crippen molar-refractivity contribution in [1.29, 1.82) is 0 Å². The van der Waals surface area contributed by atoms with Crippen LogP contribution in [0.4, 0.5) is 0 Å². The molecule has 0 aromatic heterocycles. The van der Waals surface area contributed by atoms with Crippen LogP contribution in [0.5, 0.6) is 11.5 Å². The minimum Gasteiger partial charge on any atom is -0.488 e. The largest absolute Gasteiger partial charge is 0.488 e. The van der Waals surface area contributed by atoms with E-state index in [1.54, 1.807) is 6.07 Å². The van der Waals surface area contributed by atoms with Crippen molar-refractivity contribution in [2.75, 3.05) is 0 Å². The van der Waals surface area contributed by atoms with Gasteiger partial charge in [-0.15, -0.1) is 0 Å². The van der Waals surface area contributed by atoms with Gasteiger partial charge < -0.3 is 9.47 Å². The molecule has 3 heteroatoms. The molecule has 0 N–H and O–H groups in total. The number of rotatable bonds is 8. The van der Waals surface area contributed by atoms with Crippen LogP contribution >= 0.6 is 0 Å². The molecule has 0 saturated carbocycles. The molecule has 0 radical (unpaired) electrons. The smallest absolute Gasteiger partial charge is 0.153 e.